The maximum atomic E-state index is 14.2. The van der Waals surface area contributed by atoms with E-state index in [1.54, 1.807) is 58.4 Å². The summed E-state index contributed by atoms with van der Waals surface area (Å²) in [5.41, 5.74) is -1.47. The van der Waals surface area contributed by atoms with Crippen molar-refractivity contribution in [2.75, 3.05) is 69.9 Å². The standard InChI is InChI=1S/C41H60F2N8O8/c1-40(2,3)58-38(53)45-16-18-55-20-21-56-19-17-49(7)23-27-10-12-30(13-11-27)51-25-31(34(48-51)35(42)43)46-36(52)32-26-57-37(47-32)29-14-15-44-33(22-29)50(24-28-8-9-28)39(54)59-41(4,5)6/h14-15,22,25-28,30,35H,8-13,16-21,23-24H2,1-7H3,(H,45,53)(H,46,52). The fourth-order valence-corrected chi connectivity index (χ4v) is 6.59. The van der Waals surface area contributed by atoms with Crippen molar-refractivity contribution in [3.63, 3.8) is 0 Å². The molecular formula is C41H60F2N8O8. The summed E-state index contributed by atoms with van der Waals surface area (Å²) in [7, 11) is 2.05. The lowest BCUT2D eigenvalue weighted by molar-refractivity contribution is 0.0346. The number of likely N-dealkylation sites (N-methyl/N-ethyl adjacent to an activating group) is 1. The van der Waals surface area contributed by atoms with Crippen molar-refractivity contribution >= 4 is 29.6 Å². The molecule has 59 heavy (non-hydrogen) atoms. The van der Waals surface area contributed by atoms with Crippen molar-refractivity contribution in [1.29, 1.82) is 0 Å². The molecule has 0 aliphatic heterocycles. The number of alkyl carbamates (subject to hydrolysis) is 1. The second kappa shape index (κ2) is 20.5. The molecule has 0 aromatic carbocycles. The fourth-order valence-electron chi connectivity index (χ4n) is 6.59. The van der Waals surface area contributed by atoms with E-state index < -0.39 is 41.4 Å². The van der Waals surface area contributed by atoms with E-state index in [4.69, 9.17) is 23.4 Å². The van der Waals surface area contributed by atoms with Crippen molar-refractivity contribution < 1.29 is 46.5 Å². The van der Waals surface area contributed by atoms with Crippen LogP contribution in [0.25, 0.3) is 11.5 Å². The molecule has 326 valence electrons. The van der Waals surface area contributed by atoms with E-state index in [1.807, 2.05) is 7.05 Å². The van der Waals surface area contributed by atoms with Gasteiger partial charge in [0.2, 0.25) is 5.89 Å². The number of oxazole rings is 1. The molecule has 0 unspecified atom stereocenters. The Labute approximate surface area is 344 Å². The number of carbonyl (C=O) groups excluding carboxylic acids is 3. The van der Waals surface area contributed by atoms with Gasteiger partial charge < -0.3 is 38.9 Å². The molecule has 18 heteroatoms. The zero-order valence-corrected chi connectivity index (χ0v) is 35.3. The van der Waals surface area contributed by atoms with E-state index in [2.05, 4.69) is 30.6 Å². The van der Waals surface area contributed by atoms with Gasteiger partial charge in [0.1, 0.15) is 23.3 Å². The number of ether oxygens (including phenoxy) is 4. The molecule has 3 amide bonds. The van der Waals surface area contributed by atoms with Crippen molar-refractivity contribution in [1.82, 2.24) is 30.0 Å². The first kappa shape index (κ1) is 45.4. The Morgan fingerprint density at radius 2 is 1.59 bits per heavy atom. The zero-order valence-electron chi connectivity index (χ0n) is 35.3. The summed E-state index contributed by atoms with van der Waals surface area (Å²) in [5.74, 6) is 0.533. The van der Waals surface area contributed by atoms with Crippen molar-refractivity contribution in [3.05, 3.63) is 42.2 Å². The maximum Gasteiger partial charge on any atom is 0.416 e. The minimum Gasteiger partial charge on any atom is -0.444 e. The number of alkyl halides is 2. The van der Waals surface area contributed by atoms with Crippen LogP contribution in [-0.4, -0.2) is 114 Å². The molecular weight excluding hydrogens is 770 g/mol. The lowest BCUT2D eigenvalue weighted by Gasteiger charge is -2.31. The minimum absolute atomic E-state index is 0.0814. The lowest BCUT2D eigenvalue weighted by Crippen LogP contribution is -2.38. The number of aromatic nitrogens is 4. The molecule has 2 aliphatic rings. The van der Waals surface area contributed by atoms with Gasteiger partial charge in [-0.1, -0.05) is 0 Å². The fraction of sp³-hybridized carbons (Fsp3) is 0.659. The van der Waals surface area contributed by atoms with E-state index >= 15 is 0 Å². The topological polar surface area (TPSA) is 175 Å². The Kier molecular flexibility index (Phi) is 15.8. The zero-order chi connectivity index (χ0) is 42.7. The summed E-state index contributed by atoms with van der Waals surface area (Å²) in [5, 5.41) is 9.41. The second-order valence-corrected chi connectivity index (χ2v) is 17.2. The van der Waals surface area contributed by atoms with Gasteiger partial charge in [0.15, 0.2) is 11.4 Å². The van der Waals surface area contributed by atoms with Crippen molar-refractivity contribution in [2.24, 2.45) is 11.8 Å². The number of hydrogen-bond donors (Lipinski definition) is 2. The third-order valence-corrected chi connectivity index (χ3v) is 9.64. The molecule has 2 aliphatic carbocycles. The van der Waals surface area contributed by atoms with Crippen LogP contribution in [0.5, 0.6) is 0 Å². The highest BCUT2D eigenvalue weighted by Gasteiger charge is 2.32. The number of carbonyl (C=O) groups is 3. The van der Waals surface area contributed by atoms with Gasteiger partial charge >= 0.3 is 12.2 Å². The van der Waals surface area contributed by atoms with Crippen LogP contribution in [-0.2, 0) is 18.9 Å². The van der Waals surface area contributed by atoms with E-state index in [9.17, 15) is 23.2 Å². The molecule has 16 nitrogen and oxygen atoms in total. The van der Waals surface area contributed by atoms with Gasteiger partial charge in [-0.3, -0.25) is 14.4 Å². The van der Waals surface area contributed by atoms with Crippen LogP contribution in [0.1, 0.15) is 109 Å². The molecule has 2 saturated carbocycles. The monoisotopic (exact) mass is 830 g/mol. The molecule has 2 fully saturated rings. The number of anilines is 2. The summed E-state index contributed by atoms with van der Waals surface area (Å²) >= 11 is 0. The van der Waals surface area contributed by atoms with Crippen LogP contribution in [0.2, 0.25) is 0 Å². The number of rotatable bonds is 19. The van der Waals surface area contributed by atoms with E-state index in [0.717, 1.165) is 57.9 Å². The Bertz CT molecular complexity index is 1830. The van der Waals surface area contributed by atoms with Gasteiger partial charge in [-0.05, 0) is 111 Å². The summed E-state index contributed by atoms with van der Waals surface area (Å²) < 4.78 is 57.5. The first-order valence-electron chi connectivity index (χ1n) is 20.4. The SMILES string of the molecule is CN(CCOCCOCCNC(=O)OC(C)(C)C)CC1CCC(n2cc(NC(=O)c3coc(-c4ccnc(N(CC5CC5)C(=O)OC(C)(C)C)c4)n3)c(C(F)F)n2)CC1. The number of nitrogens with zero attached hydrogens (tertiary/aromatic N) is 6. The Balaban J connectivity index is 1.06. The number of hydrogen-bond acceptors (Lipinski definition) is 12. The third kappa shape index (κ3) is 14.8. The predicted octanol–water partition coefficient (Wildman–Crippen LogP) is 7.50. The van der Waals surface area contributed by atoms with Crippen LogP contribution in [0, 0.1) is 11.8 Å². The van der Waals surface area contributed by atoms with Crippen molar-refractivity contribution in [2.45, 2.75) is 104 Å². The molecule has 3 aromatic heterocycles. The first-order valence-corrected chi connectivity index (χ1v) is 20.4. The van der Waals surface area contributed by atoms with Crippen LogP contribution in [0.15, 0.2) is 35.2 Å². The maximum absolute atomic E-state index is 14.2. The molecule has 2 N–H and O–H groups in total. The summed E-state index contributed by atoms with van der Waals surface area (Å²) in [6.45, 7) is 15.0. The predicted molar refractivity (Wildman–Crippen MR) is 216 cm³/mol. The van der Waals surface area contributed by atoms with Gasteiger partial charge in [-0.25, -0.2) is 28.3 Å². The summed E-state index contributed by atoms with van der Waals surface area (Å²) in [4.78, 5) is 50.4. The minimum atomic E-state index is -2.90. The smallest absolute Gasteiger partial charge is 0.416 e. The van der Waals surface area contributed by atoms with Crippen LogP contribution in [0.4, 0.5) is 29.9 Å². The quantitative estimate of drug-likeness (QED) is 0.114. The molecule has 0 spiro atoms. The number of nitrogens with one attached hydrogen (secondary N) is 2. The van der Waals surface area contributed by atoms with E-state index in [1.165, 1.54) is 17.3 Å². The Morgan fingerprint density at radius 1 is 0.932 bits per heavy atom. The van der Waals surface area contributed by atoms with Gasteiger partial charge in [0, 0.05) is 44.1 Å². The average Bonchev–Trinajstić information content (AvgIpc) is 3.65. The summed E-state index contributed by atoms with van der Waals surface area (Å²) in [6.07, 6.45) is 5.61. The Hall–Kier alpha value is -4.68. The lowest BCUT2D eigenvalue weighted by atomic mass is 9.86. The normalized spacial score (nSPS) is 17.3. The molecule has 5 rings (SSSR count). The highest BCUT2D eigenvalue weighted by molar-refractivity contribution is 6.03. The molecule has 0 bridgehead atoms. The largest absolute Gasteiger partial charge is 0.444 e. The van der Waals surface area contributed by atoms with Gasteiger partial charge in [-0.15, -0.1) is 0 Å². The van der Waals surface area contributed by atoms with Crippen LogP contribution >= 0.6 is 0 Å². The van der Waals surface area contributed by atoms with Crippen LogP contribution in [0.3, 0.4) is 0 Å². The highest BCUT2D eigenvalue weighted by atomic mass is 19.3. The average molecular weight is 831 g/mol. The highest BCUT2D eigenvalue weighted by Crippen LogP contribution is 2.36. The number of halogens is 2. The van der Waals surface area contributed by atoms with Crippen molar-refractivity contribution in [3.8, 4) is 11.5 Å². The van der Waals surface area contributed by atoms with Gasteiger partial charge in [-0.2, -0.15) is 5.10 Å². The molecule has 3 aromatic rings. The Morgan fingerprint density at radius 3 is 2.25 bits per heavy atom. The first-order chi connectivity index (χ1) is 27.9. The third-order valence-electron chi connectivity index (χ3n) is 9.64. The second-order valence-electron chi connectivity index (χ2n) is 17.2. The van der Waals surface area contributed by atoms with E-state index in [0.29, 0.717) is 62.7 Å². The molecule has 0 saturated heterocycles. The van der Waals surface area contributed by atoms with E-state index in [-0.39, 0.29) is 23.3 Å². The summed E-state index contributed by atoms with van der Waals surface area (Å²) in [6, 6.07) is 3.19. The van der Waals surface area contributed by atoms with Crippen LogP contribution < -0.4 is 15.5 Å². The van der Waals surface area contributed by atoms with Gasteiger partial charge in [0.25, 0.3) is 12.3 Å². The molecule has 0 atom stereocenters. The molecule has 0 radical (unpaired) electrons. The molecule has 3 heterocycles. The number of amides is 3. The number of pyridine rings is 1. The van der Waals surface area contributed by atoms with Gasteiger partial charge in [0.05, 0.1) is 38.2 Å².